The van der Waals surface area contributed by atoms with Crippen molar-refractivity contribution in [1.29, 1.82) is 0 Å². The molecular weight excluding hydrogens is 302 g/mol. The van der Waals surface area contributed by atoms with E-state index >= 15 is 0 Å². The average molecular weight is 328 g/mol. The van der Waals surface area contributed by atoms with E-state index in [1.54, 1.807) is 0 Å². The minimum absolute atomic E-state index is 0.0185. The largest absolute Gasteiger partial charge is 0.213 e. The van der Waals surface area contributed by atoms with Gasteiger partial charge in [0, 0.05) is 25.5 Å². The average Bonchev–Trinajstić information content (AvgIpc) is 2.60. The van der Waals surface area contributed by atoms with Crippen molar-refractivity contribution in [2.45, 2.75) is 45.6 Å². The third kappa shape index (κ3) is 2.26. The molecule has 1 aliphatic rings. The van der Waals surface area contributed by atoms with E-state index in [2.05, 4.69) is 106 Å². The van der Waals surface area contributed by atoms with E-state index in [-0.39, 0.29) is 11.0 Å². The van der Waals surface area contributed by atoms with Crippen molar-refractivity contribution < 1.29 is 4.57 Å². The normalized spacial score (nSPS) is 16.8. The molecule has 0 saturated carbocycles. The molecule has 126 valence electrons. The highest BCUT2D eigenvalue weighted by atomic mass is 15.1. The third-order valence-electron chi connectivity index (χ3n) is 6.31. The second-order valence-electron chi connectivity index (χ2n) is 8.27. The van der Waals surface area contributed by atoms with Crippen LogP contribution in [-0.4, -0.2) is 0 Å². The molecule has 0 radical (unpaired) electrons. The zero-order valence-corrected chi connectivity index (χ0v) is 15.8. The van der Waals surface area contributed by atoms with Crippen LogP contribution in [0.5, 0.6) is 0 Å². The first-order valence-corrected chi connectivity index (χ1v) is 9.05. The van der Waals surface area contributed by atoms with E-state index in [0.717, 1.165) is 0 Å². The van der Waals surface area contributed by atoms with Crippen molar-refractivity contribution in [3.63, 3.8) is 0 Å². The fraction of sp³-hybridized carbons (Fsp3) is 0.292. The Balaban J connectivity index is 2.01. The predicted octanol–water partition coefficient (Wildman–Crippen LogP) is 5.64. The van der Waals surface area contributed by atoms with Crippen LogP contribution in [-0.2, 0) is 11.0 Å². The highest BCUT2D eigenvalue weighted by Gasteiger charge is 2.52. The van der Waals surface area contributed by atoms with Crippen LogP contribution in [0.25, 0.3) is 22.4 Å². The number of nitrogens with zero attached hydrogens (tertiary/aromatic N) is 1. The lowest BCUT2D eigenvalue weighted by molar-refractivity contribution is -0.759. The Morgan fingerprint density at radius 3 is 2.20 bits per heavy atom. The summed E-state index contributed by atoms with van der Waals surface area (Å²) in [7, 11) is 0. The highest BCUT2D eigenvalue weighted by Crippen LogP contribution is 2.45. The summed E-state index contributed by atoms with van der Waals surface area (Å²) < 4.78 is 2.48. The Morgan fingerprint density at radius 1 is 0.760 bits per heavy atom. The summed E-state index contributed by atoms with van der Waals surface area (Å²) >= 11 is 0. The maximum Gasteiger partial charge on any atom is 0.213 e. The topological polar surface area (TPSA) is 3.88 Å². The number of hydrogen-bond donors (Lipinski definition) is 0. The number of aryl methyl sites for hydroxylation is 1. The van der Waals surface area contributed by atoms with E-state index in [4.69, 9.17) is 0 Å². The van der Waals surface area contributed by atoms with E-state index in [0.29, 0.717) is 0 Å². The molecule has 2 heterocycles. The molecule has 0 bridgehead atoms. The van der Waals surface area contributed by atoms with Gasteiger partial charge in [0.1, 0.15) is 0 Å². The molecule has 0 aliphatic carbocycles. The van der Waals surface area contributed by atoms with E-state index in [1.807, 2.05) is 0 Å². The Bertz CT molecular complexity index is 949. The fourth-order valence-electron chi connectivity index (χ4n) is 4.03. The quantitative estimate of drug-likeness (QED) is 0.509. The van der Waals surface area contributed by atoms with Crippen LogP contribution < -0.4 is 4.57 Å². The summed E-state index contributed by atoms with van der Waals surface area (Å²) in [5.74, 6) is 0. The van der Waals surface area contributed by atoms with Gasteiger partial charge in [-0.3, -0.25) is 0 Å². The zero-order chi connectivity index (χ0) is 17.8. The fourth-order valence-corrected chi connectivity index (χ4v) is 4.03. The SMILES string of the molecule is Cc1ccc2c(c1)-c1ccc(-c3ccccc3)c[n+]1C(C)(C)C2(C)C. The van der Waals surface area contributed by atoms with Gasteiger partial charge in [-0.25, -0.2) is 0 Å². The van der Waals surface area contributed by atoms with Gasteiger partial charge in [-0.15, -0.1) is 0 Å². The second-order valence-corrected chi connectivity index (χ2v) is 8.27. The van der Waals surface area contributed by atoms with Crippen LogP contribution in [0.1, 0.15) is 38.8 Å². The molecule has 0 saturated heterocycles. The second kappa shape index (κ2) is 5.29. The van der Waals surface area contributed by atoms with Gasteiger partial charge in [-0.2, -0.15) is 4.57 Å². The first kappa shape index (κ1) is 16.1. The number of hydrogen-bond acceptors (Lipinski definition) is 0. The Kier molecular flexibility index (Phi) is 3.40. The van der Waals surface area contributed by atoms with Crippen molar-refractivity contribution in [1.82, 2.24) is 0 Å². The van der Waals surface area contributed by atoms with Gasteiger partial charge in [0.05, 0.1) is 11.0 Å². The highest BCUT2D eigenvalue weighted by molar-refractivity contribution is 5.69. The smallest absolute Gasteiger partial charge is 0.192 e. The van der Waals surface area contributed by atoms with Gasteiger partial charge in [-0.1, -0.05) is 48.0 Å². The van der Waals surface area contributed by atoms with Crippen LogP contribution in [0, 0.1) is 6.92 Å². The monoisotopic (exact) mass is 328 g/mol. The molecule has 0 fully saturated rings. The lowest BCUT2D eigenvalue weighted by Crippen LogP contribution is -2.65. The third-order valence-corrected chi connectivity index (χ3v) is 6.31. The van der Waals surface area contributed by atoms with Crippen molar-refractivity contribution >= 4 is 0 Å². The van der Waals surface area contributed by atoms with Crippen LogP contribution in [0.15, 0.2) is 66.9 Å². The van der Waals surface area contributed by atoms with Gasteiger partial charge in [0.15, 0.2) is 11.7 Å². The molecule has 0 amide bonds. The van der Waals surface area contributed by atoms with E-state index < -0.39 is 0 Å². The van der Waals surface area contributed by atoms with Crippen molar-refractivity contribution in [3.8, 4) is 22.4 Å². The molecular formula is C24H26N+. The summed E-state index contributed by atoms with van der Waals surface area (Å²) in [5.41, 5.74) is 7.99. The number of benzene rings is 2. The summed E-state index contributed by atoms with van der Waals surface area (Å²) in [6, 6.07) is 22.1. The molecule has 0 N–H and O–H groups in total. The Labute approximate surface area is 151 Å². The zero-order valence-electron chi connectivity index (χ0n) is 15.8. The summed E-state index contributed by atoms with van der Waals surface area (Å²) in [6.45, 7) is 11.6. The van der Waals surface area contributed by atoms with Gasteiger partial charge < -0.3 is 0 Å². The van der Waals surface area contributed by atoms with Crippen LogP contribution in [0.2, 0.25) is 0 Å². The van der Waals surface area contributed by atoms with Crippen LogP contribution >= 0.6 is 0 Å². The van der Waals surface area contributed by atoms with E-state index in [1.165, 1.54) is 33.5 Å². The number of rotatable bonds is 1. The molecule has 4 rings (SSSR count). The van der Waals surface area contributed by atoms with Gasteiger partial charge in [-0.05, 0) is 44.0 Å². The predicted molar refractivity (Wildman–Crippen MR) is 105 cm³/mol. The van der Waals surface area contributed by atoms with Gasteiger partial charge in [0.2, 0.25) is 5.69 Å². The van der Waals surface area contributed by atoms with E-state index in [9.17, 15) is 0 Å². The minimum Gasteiger partial charge on any atom is -0.192 e. The first-order valence-electron chi connectivity index (χ1n) is 9.05. The number of pyridine rings is 1. The number of aromatic nitrogens is 1. The molecule has 3 aromatic rings. The lowest BCUT2D eigenvalue weighted by Gasteiger charge is -2.42. The minimum atomic E-state index is -0.0185. The maximum absolute atomic E-state index is 2.48. The summed E-state index contributed by atoms with van der Waals surface area (Å²) in [4.78, 5) is 0. The summed E-state index contributed by atoms with van der Waals surface area (Å²) in [6.07, 6.45) is 2.33. The Morgan fingerprint density at radius 2 is 1.48 bits per heavy atom. The molecule has 1 aliphatic heterocycles. The first-order chi connectivity index (χ1) is 11.8. The van der Waals surface area contributed by atoms with Crippen molar-refractivity contribution in [3.05, 3.63) is 78.0 Å². The molecule has 1 nitrogen and oxygen atoms in total. The lowest BCUT2D eigenvalue weighted by atomic mass is 9.65. The maximum atomic E-state index is 2.48. The summed E-state index contributed by atoms with van der Waals surface area (Å²) in [5, 5.41) is 0. The molecule has 25 heavy (non-hydrogen) atoms. The molecule has 0 atom stereocenters. The van der Waals surface area contributed by atoms with Gasteiger partial charge >= 0.3 is 0 Å². The molecule has 0 spiro atoms. The molecule has 1 aromatic heterocycles. The van der Waals surface area contributed by atoms with Gasteiger partial charge in [0.25, 0.3) is 0 Å². The van der Waals surface area contributed by atoms with Crippen LogP contribution in [0.4, 0.5) is 0 Å². The molecule has 2 aromatic carbocycles. The number of fused-ring (bicyclic) bond motifs is 3. The van der Waals surface area contributed by atoms with Crippen molar-refractivity contribution in [2.75, 3.05) is 0 Å². The standard InChI is InChI=1S/C24H26N/c1-17-11-13-21-20(15-17)22-14-12-19(18-9-7-6-8-10-18)16-25(22)24(4,5)23(21,2)3/h6-16H,1-5H3/q+1. The van der Waals surface area contributed by atoms with Crippen molar-refractivity contribution in [2.24, 2.45) is 0 Å². The van der Waals surface area contributed by atoms with Crippen LogP contribution in [0.3, 0.4) is 0 Å². The molecule has 1 heteroatoms. The molecule has 0 unspecified atom stereocenters. The Hall–Kier alpha value is -2.41.